The van der Waals surface area contributed by atoms with Gasteiger partial charge in [-0.15, -0.1) is 0 Å². The summed E-state index contributed by atoms with van der Waals surface area (Å²) in [6, 6.07) is 14.1. The second-order valence-electron chi connectivity index (χ2n) is 5.26. The fraction of sp³-hybridized carbons (Fsp3) is 0.294. The smallest absolute Gasteiger partial charge is 0.244 e. The number of fused-ring (bicyclic) bond motifs is 1. The molecule has 0 aliphatic carbocycles. The van der Waals surface area contributed by atoms with Crippen LogP contribution in [0.4, 0.5) is 0 Å². The Morgan fingerprint density at radius 2 is 1.85 bits per heavy atom. The Morgan fingerprint density at radius 1 is 1.15 bits per heavy atom. The average molecular weight is 268 g/mol. The third kappa shape index (κ3) is 3.44. The van der Waals surface area contributed by atoms with Crippen LogP contribution in [0.25, 0.3) is 10.8 Å². The van der Waals surface area contributed by atoms with E-state index in [1.54, 1.807) is 0 Å². The van der Waals surface area contributed by atoms with Crippen LogP contribution in [0.1, 0.15) is 26.3 Å². The van der Waals surface area contributed by atoms with Gasteiger partial charge in [-0.25, -0.2) is 5.43 Å². The lowest BCUT2D eigenvalue weighted by Gasteiger charge is -2.07. The van der Waals surface area contributed by atoms with E-state index in [9.17, 15) is 4.79 Å². The van der Waals surface area contributed by atoms with E-state index >= 15 is 0 Å². The lowest BCUT2D eigenvalue weighted by molar-refractivity contribution is -0.120. The molecule has 0 fully saturated rings. The SMILES string of the molecule is CC(=NNC(=O)Cc1cccc2ccccc12)C(C)C. The highest BCUT2D eigenvalue weighted by atomic mass is 16.2. The summed E-state index contributed by atoms with van der Waals surface area (Å²) < 4.78 is 0. The zero-order chi connectivity index (χ0) is 14.5. The summed E-state index contributed by atoms with van der Waals surface area (Å²) in [5, 5.41) is 6.39. The van der Waals surface area contributed by atoms with E-state index in [1.165, 1.54) is 0 Å². The Bertz CT molecular complexity index is 639. The Hall–Kier alpha value is -2.16. The van der Waals surface area contributed by atoms with Crippen LogP contribution >= 0.6 is 0 Å². The summed E-state index contributed by atoms with van der Waals surface area (Å²) in [5.41, 5.74) is 4.58. The van der Waals surface area contributed by atoms with Crippen LogP contribution in [0.3, 0.4) is 0 Å². The molecule has 0 saturated carbocycles. The van der Waals surface area contributed by atoms with E-state index in [2.05, 4.69) is 36.5 Å². The number of amides is 1. The second-order valence-corrected chi connectivity index (χ2v) is 5.26. The molecule has 2 aromatic rings. The van der Waals surface area contributed by atoms with Crippen molar-refractivity contribution in [3.05, 3.63) is 48.0 Å². The molecule has 2 rings (SSSR count). The van der Waals surface area contributed by atoms with Crippen LogP contribution in [-0.4, -0.2) is 11.6 Å². The molecule has 0 atom stereocenters. The minimum atomic E-state index is -0.0821. The molecule has 3 heteroatoms. The number of carbonyl (C=O) groups excluding carboxylic acids is 1. The van der Waals surface area contributed by atoms with Gasteiger partial charge in [-0.1, -0.05) is 56.3 Å². The van der Waals surface area contributed by atoms with Crippen LogP contribution < -0.4 is 5.43 Å². The topological polar surface area (TPSA) is 41.5 Å². The van der Waals surface area contributed by atoms with E-state index < -0.39 is 0 Å². The first kappa shape index (κ1) is 14.3. The molecule has 0 aliphatic rings. The minimum Gasteiger partial charge on any atom is -0.273 e. The Balaban J connectivity index is 2.13. The molecule has 104 valence electrons. The zero-order valence-corrected chi connectivity index (χ0v) is 12.2. The summed E-state index contributed by atoms with van der Waals surface area (Å²) in [6.07, 6.45) is 0.343. The highest BCUT2D eigenvalue weighted by Crippen LogP contribution is 2.18. The normalized spacial score (nSPS) is 11.9. The predicted octanol–water partition coefficient (Wildman–Crippen LogP) is 3.53. The van der Waals surface area contributed by atoms with Crippen LogP contribution in [-0.2, 0) is 11.2 Å². The highest BCUT2D eigenvalue weighted by molar-refractivity contribution is 5.91. The number of rotatable bonds is 4. The molecule has 0 radical (unpaired) electrons. The third-order valence-corrected chi connectivity index (χ3v) is 3.42. The molecule has 0 aliphatic heterocycles. The van der Waals surface area contributed by atoms with Gasteiger partial charge in [0.1, 0.15) is 0 Å². The number of hydrogen-bond donors (Lipinski definition) is 1. The van der Waals surface area contributed by atoms with Gasteiger partial charge in [0.25, 0.3) is 0 Å². The Morgan fingerprint density at radius 3 is 2.60 bits per heavy atom. The van der Waals surface area contributed by atoms with Gasteiger partial charge in [0.15, 0.2) is 0 Å². The van der Waals surface area contributed by atoms with Crippen LogP contribution in [0, 0.1) is 5.92 Å². The van der Waals surface area contributed by atoms with Gasteiger partial charge in [0.05, 0.1) is 6.42 Å². The van der Waals surface area contributed by atoms with Crippen molar-refractivity contribution in [2.45, 2.75) is 27.2 Å². The predicted molar refractivity (Wildman–Crippen MR) is 83.7 cm³/mol. The minimum absolute atomic E-state index is 0.0821. The van der Waals surface area contributed by atoms with Crippen molar-refractivity contribution < 1.29 is 4.79 Å². The van der Waals surface area contributed by atoms with Crippen LogP contribution in [0.15, 0.2) is 47.6 Å². The molecule has 0 aromatic heterocycles. The third-order valence-electron chi connectivity index (χ3n) is 3.42. The lowest BCUT2D eigenvalue weighted by atomic mass is 10.0. The van der Waals surface area contributed by atoms with Gasteiger partial charge in [-0.05, 0) is 29.2 Å². The fourth-order valence-electron chi connectivity index (χ4n) is 1.94. The molecule has 0 unspecified atom stereocenters. The number of hydrogen-bond acceptors (Lipinski definition) is 2. The molecule has 1 amide bonds. The highest BCUT2D eigenvalue weighted by Gasteiger charge is 2.06. The van der Waals surface area contributed by atoms with Gasteiger partial charge in [0.2, 0.25) is 5.91 Å². The standard InChI is InChI=1S/C17H20N2O/c1-12(2)13(3)18-19-17(20)11-15-9-6-8-14-7-4-5-10-16(14)15/h4-10,12H,11H2,1-3H3,(H,19,20). The van der Waals surface area contributed by atoms with Crippen LogP contribution in [0.5, 0.6) is 0 Å². The van der Waals surface area contributed by atoms with E-state index in [0.717, 1.165) is 22.0 Å². The quantitative estimate of drug-likeness (QED) is 0.669. The molecule has 20 heavy (non-hydrogen) atoms. The first-order valence-corrected chi connectivity index (χ1v) is 6.87. The molecule has 0 spiro atoms. The summed E-state index contributed by atoms with van der Waals surface area (Å²) in [4.78, 5) is 12.0. The van der Waals surface area contributed by atoms with Crippen molar-refractivity contribution in [2.24, 2.45) is 11.0 Å². The van der Waals surface area contributed by atoms with Crippen molar-refractivity contribution in [1.82, 2.24) is 5.43 Å². The molecule has 0 saturated heterocycles. The van der Waals surface area contributed by atoms with Gasteiger partial charge in [-0.2, -0.15) is 5.10 Å². The summed E-state index contributed by atoms with van der Waals surface area (Å²) in [5.74, 6) is 0.259. The number of nitrogens with zero attached hydrogens (tertiary/aromatic N) is 1. The van der Waals surface area contributed by atoms with Gasteiger partial charge in [-0.3, -0.25) is 4.79 Å². The van der Waals surface area contributed by atoms with E-state index in [4.69, 9.17) is 0 Å². The van der Waals surface area contributed by atoms with E-state index in [1.807, 2.05) is 37.3 Å². The van der Waals surface area contributed by atoms with E-state index in [0.29, 0.717) is 12.3 Å². The molecule has 2 aromatic carbocycles. The van der Waals surface area contributed by atoms with Crippen LogP contribution in [0.2, 0.25) is 0 Å². The average Bonchev–Trinajstić information content (AvgIpc) is 2.45. The monoisotopic (exact) mass is 268 g/mol. The Kier molecular flexibility index (Phi) is 4.51. The van der Waals surface area contributed by atoms with Gasteiger partial charge in [0, 0.05) is 5.71 Å². The molecule has 0 bridgehead atoms. The van der Waals surface area contributed by atoms with Crippen molar-refractivity contribution >= 4 is 22.4 Å². The zero-order valence-electron chi connectivity index (χ0n) is 12.2. The number of nitrogens with one attached hydrogen (secondary N) is 1. The van der Waals surface area contributed by atoms with Gasteiger partial charge < -0.3 is 0 Å². The first-order chi connectivity index (χ1) is 9.58. The van der Waals surface area contributed by atoms with Crippen molar-refractivity contribution in [3.63, 3.8) is 0 Å². The number of carbonyl (C=O) groups is 1. The van der Waals surface area contributed by atoms with Crippen molar-refractivity contribution in [1.29, 1.82) is 0 Å². The molecule has 3 nitrogen and oxygen atoms in total. The molecular formula is C17H20N2O. The maximum atomic E-state index is 12.0. The maximum absolute atomic E-state index is 12.0. The van der Waals surface area contributed by atoms with E-state index in [-0.39, 0.29) is 5.91 Å². The first-order valence-electron chi connectivity index (χ1n) is 6.87. The molecular weight excluding hydrogens is 248 g/mol. The molecule has 0 heterocycles. The van der Waals surface area contributed by atoms with Crippen molar-refractivity contribution in [3.8, 4) is 0 Å². The number of hydrazone groups is 1. The fourth-order valence-corrected chi connectivity index (χ4v) is 1.94. The van der Waals surface area contributed by atoms with Crippen molar-refractivity contribution in [2.75, 3.05) is 0 Å². The maximum Gasteiger partial charge on any atom is 0.244 e. The summed E-state index contributed by atoms with van der Waals surface area (Å²) in [6.45, 7) is 6.02. The Labute approximate surface area is 119 Å². The second kappa shape index (κ2) is 6.33. The molecule has 1 N–H and O–H groups in total. The summed E-state index contributed by atoms with van der Waals surface area (Å²) >= 11 is 0. The lowest BCUT2D eigenvalue weighted by Crippen LogP contribution is -2.22. The largest absolute Gasteiger partial charge is 0.273 e. The summed E-state index contributed by atoms with van der Waals surface area (Å²) in [7, 11) is 0. The van der Waals surface area contributed by atoms with Gasteiger partial charge >= 0.3 is 0 Å². The number of benzene rings is 2.